The summed E-state index contributed by atoms with van der Waals surface area (Å²) in [6.45, 7) is 12.5. The fourth-order valence-electron chi connectivity index (χ4n) is 1.82. The van der Waals surface area contributed by atoms with Crippen LogP contribution >= 0.6 is 0 Å². The highest BCUT2D eigenvalue weighted by Gasteiger charge is 2.27. The van der Waals surface area contributed by atoms with E-state index in [1.807, 2.05) is 20.8 Å². The van der Waals surface area contributed by atoms with Gasteiger partial charge in [-0.2, -0.15) is 0 Å². The summed E-state index contributed by atoms with van der Waals surface area (Å²) < 4.78 is 5.32. The standard InChI is InChI=1S/C14H27N3O3/c1-11(2)10-15-12(18)16-6-8-17(9-7-16)13(19)20-14(3,4)5/h11H,6-10H2,1-5H3,(H,15,18). The minimum absolute atomic E-state index is 0.0532. The van der Waals surface area contributed by atoms with Crippen molar-refractivity contribution in [2.24, 2.45) is 5.92 Å². The second-order valence-corrected chi connectivity index (χ2v) is 6.53. The SMILES string of the molecule is CC(C)CNC(=O)N1CCN(C(=O)OC(C)(C)C)CC1. The van der Waals surface area contributed by atoms with E-state index in [0.29, 0.717) is 38.6 Å². The second-order valence-electron chi connectivity index (χ2n) is 6.53. The van der Waals surface area contributed by atoms with Crippen molar-refractivity contribution in [3.63, 3.8) is 0 Å². The molecule has 1 fully saturated rings. The zero-order valence-electron chi connectivity index (χ0n) is 13.2. The molecule has 1 aliphatic heterocycles. The summed E-state index contributed by atoms with van der Waals surface area (Å²) in [6.07, 6.45) is -0.306. The highest BCUT2D eigenvalue weighted by Crippen LogP contribution is 2.11. The Hall–Kier alpha value is -1.46. The fourth-order valence-corrected chi connectivity index (χ4v) is 1.82. The molecule has 6 nitrogen and oxygen atoms in total. The number of hydrogen-bond donors (Lipinski definition) is 1. The summed E-state index contributed by atoms with van der Waals surface area (Å²) >= 11 is 0. The summed E-state index contributed by atoms with van der Waals surface area (Å²) in [7, 11) is 0. The molecule has 1 heterocycles. The highest BCUT2D eigenvalue weighted by atomic mass is 16.6. The lowest BCUT2D eigenvalue weighted by Gasteiger charge is -2.35. The lowest BCUT2D eigenvalue weighted by Crippen LogP contribution is -2.54. The molecule has 0 unspecified atom stereocenters. The van der Waals surface area contributed by atoms with E-state index < -0.39 is 5.60 Å². The zero-order valence-corrected chi connectivity index (χ0v) is 13.2. The third kappa shape index (κ3) is 5.67. The Kier molecular flexibility index (Phi) is 5.65. The van der Waals surface area contributed by atoms with E-state index in [1.54, 1.807) is 9.80 Å². The van der Waals surface area contributed by atoms with E-state index in [2.05, 4.69) is 19.2 Å². The predicted octanol–water partition coefficient (Wildman–Crippen LogP) is 1.90. The summed E-state index contributed by atoms with van der Waals surface area (Å²) in [6, 6.07) is -0.0532. The quantitative estimate of drug-likeness (QED) is 0.843. The summed E-state index contributed by atoms with van der Waals surface area (Å²) in [5.74, 6) is 0.432. The molecule has 20 heavy (non-hydrogen) atoms. The van der Waals surface area contributed by atoms with Crippen molar-refractivity contribution in [2.75, 3.05) is 32.7 Å². The lowest BCUT2D eigenvalue weighted by atomic mass is 10.2. The first-order valence-electron chi connectivity index (χ1n) is 7.20. The minimum atomic E-state index is -0.483. The molecule has 0 aromatic carbocycles. The van der Waals surface area contributed by atoms with Gasteiger partial charge in [-0.1, -0.05) is 13.8 Å². The van der Waals surface area contributed by atoms with E-state index >= 15 is 0 Å². The van der Waals surface area contributed by atoms with E-state index in [-0.39, 0.29) is 12.1 Å². The van der Waals surface area contributed by atoms with Gasteiger partial charge in [0.25, 0.3) is 0 Å². The van der Waals surface area contributed by atoms with Crippen molar-refractivity contribution < 1.29 is 14.3 Å². The maximum absolute atomic E-state index is 11.9. The Morgan fingerprint density at radius 3 is 2.05 bits per heavy atom. The highest BCUT2D eigenvalue weighted by molar-refractivity contribution is 5.75. The van der Waals surface area contributed by atoms with Crippen LogP contribution in [0.25, 0.3) is 0 Å². The van der Waals surface area contributed by atoms with Crippen LogP contribution in [-0.4, -0.2) is 60.2 Å². The number of amides is 3. The first-order chi connectivity index (χ1) is 9.19. The van der Waals surface area contributed by atoms with Gasteiger partial charge in [-0.05, 0) is 26.7 Å². The first-order valence-corrected chi connectivity index (χ1v) is 7.20. The number of hydrogen-bond acceptors (Lipinski definition) is 3. The number of carbonyl (C=O) groups is 2. The van der Waals surface area contributed by atoms with Crippen molar-refractivity contribution in [3.8, 4) is 0 Å². The Bertz CT molecular complexity index is 342. The molecule has 116 valence electrons. The van der Waals surface area contributed by atoms with Gasteiger partial charge in [-0.25, -0.2) is 9.59 Å². The fraction of sp³-hybridized carbons (Fsp3) is 0.857. The minimum Gasteiger partial charge on any atom is -0.444 e. The summed E-state index contributed by atoms with van der Waals surface area (Å²) in [5.41, 5.74) is -0.483. The van der Waals surface area contributed by atoms with E-state index in [0.717, 1.165) is 0 Å². The van der Waals surface area contributed by atoms with Crippen molar-refractivity contribution in [2.45, 2.75) is 40.2 Å². The largest absolute Gasteiger partial charge is 0.444 e. The number of nitrogens with zero attached hydrogens (tertiary/aromatic N) is 2. The number of piperazine rings is 1. The van der Waals surface area contributed by atoms with Gasteiger partial charge in [0, 0.05) is 32.7 Å². The Morgan fingerprint density at radius 1 is 1.10 bits per heavy atom. The molecule has 0 aliphatic carbocycles. The molecule has 0 atom stereocenters. The smallest absolute Gasteiger partial charge is 0.410 e. The van der Waals surface area contributed by atoms with Gasteiger partial charge in [0.2, 0.25) is 0 Å². The van der Waals surface area contributed by atoms with Crippen molar-refractivity contribution in [1.82, 2.24) is 15.1 Å². The average molecular weight is 285 g/mol. The van der Waals surface area contributed by atoms with Gasteiger partial charge in [0.05, 0.1) is 0 Å². The van der Waals surface area contributed by atoms with Crippen molar-refractivity contribution in [1.29, 1.82) is 0 Å². The molecule has 3 amide bonds. The Morgan fingerprint density at radius 2 is 1.60 bits per heavy atom. The molecule has 0 aromatic rings. The van der Waals surface area contributed by atoms with Crippen molar-refractivity contribution >= 4 is 12.1 Å². The van der Waals surface area contributed by atoms with Gasteiger partial charge in [0.15, 0.2) is 0 Å². The maximum Gasteiger partial charge on any atom is 0.410 e. The lowest BCUT2D eigenvalue weighted by molar-refractivity contribution is 0.0170. The molecule has 0 radical (unpaired) electrons. The monoisotopic (exact) mass is 285 g/mol. The summed E-state index contributed by atoms with van der Waals surface area (Å²) in [4.78, 5) is 27.2. The zero-order chi connectivity index (χ0) is 15.3. The van der Waals surface area contributed by atoms with Crippen LogP contribution in [0.5, 0.6) is 0 Å². The van der Waals surface area contributed by atoms with Crippen LogP contribution in [0.4, 0.5) is 9.59 Å². The van der Waals surface area contributed by atoms with Crippen LogP contribution < -0.4 is 5.32 Å². The third-order valence-electron chi connectivity index (χ3n) is 2.88. The molecule has 6 heteroatoms. The maximum atomic E-state index is 11.9. The van der Waals surface area contributed by atoms with Crippen molar-refractivity contribution in [3.05, 3.63) is 0 Å². The normalized spacial score (nSPS) is 16.3. The van der Waals surface area contributed by atoms with Gasteiger partial charge < -0.3 is 19.9 Å². The summed E-state index contributed by atoms with van der Waals surface area (Å²) in [5, 5.41) is 2.89. The van der Waals surface area contributed by atoms with Crippen LogP contribution in [0.15, 0.2) is 0 Å². The van der Waals surface area contributed by atoms with Gasteiger partial charge in [-0.15, -0.1) is 0 Å². The number of carbonyl (C=O) groups excluding carboxylic acids is 2. The molecular formula is C14H27N3O3. The molecule has 1 saturated heterocycles. The van der Waals surface area contributed by atoms with E-state index in [9.17, 15) is 9.59 Å². The van der Waals surface area contributed by atoms with Crippen LogP contribution in [0, 0.1) is 5.92 Å². The van der Waals surface area contributed by atoms with Gasteiger partial charge in [0.1, 0.15) is 5.60 Å². The van der Waals surface area contributed by atoms with Crippen LogP contribution in [0.3, 0.4) is 0 Å². The molecule has 1 aliphatic rings. The molecule has 1 rings (SSSR count). The number of nitrogens with one attached hydrogen (secondary N) is 1. The molecular weight excluding hydrogens is 258 g/mol. The third-order valence-corrected chi connectivity index (χ3v) is 2.88. The Balaban J connectivity index is 2.36. The van der Waals surface area contributed by atoms with Gasteiger partial charge in [-0.3, -0.25) is 0 Å². The second kappa shape index (κ2) is 6.81. The van der Waals surface area contributed by atoms with Crippen LogP contribution in [0.1, 0.15) is 34.6 Å². The van der Waals surface area contributed by atoms with Gasteiger partial charge >= 0.3 is 12.1 Å². The van der Waals surface area contributed by atoms with Crippen LogP contribution in [0.2, 0.25) is 0 Å². The number of urea groups is 1. The molecule has 0 aromatic heterocycles. The van der Waals surface area contributed by atoms with E-state index in [1.165, 1.54) is 0 Å². The molecule has 0 bridgehead atoms. The predicted molar refractivity (Wildman–Crippen MR) is 77.6 cm³/mol. The number of rotatable bonds is 2. The Labute approximate surface area is 121 Å². The number of ether oxygens (including phenoxy) is 1. The molecule has 1 N–H and O–H groups in total. The molecule has 0 saturated carbocycles. The van der Waals surface area contributed by atoms with Crippen LogP contribution in [-0.2, 0) is 4.74 Å². The average Bonchev–Trinajstić information content (AvgIpc) is 2.34. The van der Waals surface area contributed by atoms with E-state index in [4.69, 9.17) is 4.74 Å². The molecule has 0 spiro atoms. The topological polar surface area (TPSA) is 61.9 Å². The first kappa shape index (κ1) is 16.6.